The molecule has 0 amide bonds. The van der Waals surface area contributed by atoms with Crippen molar-refractivity contribution < 1.29 is 26.7 Å². The molecular weight excluding hydrogens is 438 g/mol. The van der Waals surface area contributed by atoms with Gasteiger partial charge in [-0.05, 0) is 48.7 Å². The van der Waals surface area contributed by atoms with Gasteiger partial charge in [0.25, 0.3) is 0 Å². The standard InChI is InChI=1S/C20H21ClF2N2O4S/c1-29-20(26)14-3-5-19(16(21)11-14)30(27,28)24-15-6-8-25(9-7-15)12-13-2-4-17(22)18(23)10-13/h2-5,10-11,15,24H,6-9,12H2,1H3. The monoisotopic (exact) mass is 458 g/mol. The third-order valence-electron chi connectivity index (χ3n) is 4.94. The molecule has 0 spiro atoms. The van der Waals surface area contributed by atoms with Crippen molar-refractivity contribution in [2.45, 2.75) is 30.3 Å². The zero-order valence-corrected chi connectivity index (χ0v) is 17.8. The minimum absolute atomic E-state index is 0.0684. The summed E-state index contributed by atoms with van der Waals surface area (Å²) in [5.41, 5.74) is 0.817. The predicted molar refractivity (Wildman–Crippen MR) is 108 cm³/mol. The first-order valence-electron chi connectivity index (χ1n) is 9.26. The van der Waals surface area contributed by atoms with Gasteiger partial charge >= 0.3 is 5.97 Å². The summed E-state index contributed by atoms with van der Waals surface area (Å²) in [6.45, 7) is 1.65. The molecule has 3 rings (SSSR count). The number of sulfonamides is 1. The molecule has 1 aliphatic heterocycles. The Bertz CT molecular complexity index is 1040. The zero-order chi connectivity index (χ0) is 21.9. The quantitative estimate of drug-likeness (QED) is 0.672. The lowest BCUT2D eigenvalue weighted by Crippen LogP contribution is -2.44. The van der Waals surface area contributed by atoms with E-state index in [1.165, 1.54) is 37.4 Å². The Hall–Kier alpha value is -2.07. The molecule has 30 heavy (non-hydrogen) atoms. The number of esters is 1. The smallest absolute Gasteiger partial charge is 0.337 e. The van der Waals surface area contributed by atoms with E-state index in [9.17, 15) is 22.0 Å². The molecule has 1 saturated heterocycles. The Morgan fingerprint density at radius 1 is 1.17 bits per heavy atom. The van der Waals surface area contributed by atoms with Gasteiger partial charge in [0.2, 0.25) is 10.0 Å². The van der Waals surface area contributed by atoms with Crippen molar-refractivity contribution in [2.24, 2.45) is 0 Å². The van der Waals surface area contributed by atoms with E-state index in [0.29, 0.717) is 38.0 Å². The van der Waals surface area contributed by atoms with E-state index in [1.54, 1.807) is 0 Å². The van der Waals surface area contributed by atoms with Gasteiger partial charge in [0.05, 0.1) is 17.7 Å². The van der Waals surface area contributed by atoms with Crippen LogP contribution in [0.1, 0.15) is 28.8 Å². The maximum atomic E-state index is 13.4. The molecular formula is C20H21ClF2N2O4S. The van der Waals surface area contributed by atoms with Crippen LogP contribution in [0.15, 0.2) is 41.3 Å². The van der Waals surface area contributed by atoms with Crippen LogP contribution in [0.3, 0.4) is 0 Å². The normalized spacial score (nSPS) is 15.9. The van der Waals surface area contributed by atoms with Gasteiger partial charge in [-0.3, -0.25) is 4.90 Å². The summed E-state index contributed by atoms with van der Waals surface area (Å²) in [7, 11) is -2.65. The third kappa shape index (κ3) is 5.34. The number of benzene rings is 2. The van der Waals surface area contributed by atoms with Crippen LogP contribution in [0.4, 0.5) is 8.78 Å². The Morgan fingerprint density at radius 3 is 2.47 bits per heavy atom. The third-order valence-corrected chi connectivity index (χ3v) is 6.95. The molecule has 2 aromatic carbocycles. The fourth-order valence-corrected chi connectivity index (χ4v) is 5.20. The number of methoxy groups -OCH3 is 1. The van der Waals surface area contributed by atoms with E-state index in [1.807, 2.05) is 0 Å². The van der Waals surface area contributed by atoms with Gasteiger partial charge in [0.1, 0.15) is 4.90 Å². The predicted octanol–water partition coefficient (Wildman–Crippen LogP) is 3.35. The van der Waals surface area contributed by atoms with Gasteiger partial charge in [0.15, 0.2) is 11.6 Å². The average Bonchev–Trinajstić information content (AvgIpc) is 2.71. The summed E-state index contributed by atoms with van der Waals surface area (Å²) in [6.07, 6.45) is 1.11. The summed E-state index contributed by atoms with van der Waals surface area (Å²) < 4.78 is 59.1. The number of carbonyl (C=O) groups is 1. The van der Waals surface area contributed by atoms with Crippen molar-refractivity contribution in [3.63, 3.8) is 0 Å². The van der Waals surface area contributed by atoms with Gasteiger partial charge in [-0.15, -0.1) is 0 Å². The Kier molecular flexibility index (Phi) is 7.07. The molecule has 1 aliphatic rings. The van der Waals surface area contributed by atoms with Gasteiger partial charge in [-0.25, -0.2) is 26.7 Å². The molecule has 2 aromatic rings. The highest BCUT2D eigenvalue weighted by molar-refractivity contribution is 7.89. The second-order valence-electron chi connectivity index (χ2n) is 7.06. The molecule has 0 atom stereocenters. The fourth-order valence-electron chi connectivity index (χ4n) is 3.35. The number of nitrogens with zero attached hydrogens (tertiary/aromatic N) is 1. The molecule has 10 heteroatoms. The summed E-state index contributed by atoms with van der Waals surface area (Å²) >= 11 is 6.08. The molecule has 162 valence electrons. The van der Waals surface area contributed by atoms with Gasteiger partial charge in [-0.2, -0.15) is 0 Å². The largest absolute Gasteiger partial charge is 0.465 e. The van der Waals surface area contributed by atoms with Crippen LogP contribution in [0.2, 0.25) is 5.02 Å². The molecule has 1 fully saturated rings. The second kappa shape index (κ2) is 9.38. The van der Waals surface area contributed by atoms with Crippen molar-refractivity contribution in [2.75, 3.05) is 20.2 Å². The number of ether oxygens (including phenoxy) is 1. The molecule has 0 aromatic heterocycles. The SMILES string of the molecule is COC(=O)c1ccc(S(=O)(=O)NC2CCN(Cc3ccc(F)c(F)c3)CC2)c(Cl)c1. The summed E-state index contributed by atoms with van der Waals surface area (Å²) in [5, 5.41) is -0.0684. The molecule has 0 saturated carbocycles. The summed E-state index contributed by atoms with van der Waals surface area (Å²) in [5.74, 6) is -2.38. The Morgan fingerprint density at radius 2 is 1.87 bits per heavy atom. The number of halogens is 3. The molecule has 1 N–H and O–H groups in total. The van der Waals surface area contributed by atoms with Crippen molar-refractivity contribution in [3.05, 3.63) is 64.2 Å². The molecule has 0 unspecified atom stereocenters. The number of rotatable bonds is 6. The van der Waals surface area contributed by atoms with Crippen LogP contribution in [0, 0.1) is 11.6 Å². The first-order valence-corrected chi connectivity index (χ1v) is 11.1. The minimum atomic E-state index is -3.87. The molecule has 6 nitrogen and oxygen atoms in total. The fraction of sp³-hybridized carbons (Fsp3) is 0.350. The first-order chi connectivity index (χ1) is 14.2. The lowest BCUT2D eigenvalue weighted by molar-refractivity contribution is 0.0600. The summed E-state index contributed by atoms with van der Waals surface area (Å²) in [6, 6.07) is 7.39. The molecule has 0 radical (unpaired) electrons. The minimum Gasteiger partial charge on any atom is -0.465 e. The zero-order valence-electron chi connectivity index (χ0n) is 16.2. The van der Waals surface area contributed by atoms with Gasteiger partial charge in [-0.1, -0.05) is 17.7 Å². The molecule has 1 heterocycles. The van der Waals surface area contributed by atoms with Crippen LogP contribution < -0.4 is 4.72 Å². The van der Waals surface area contributed by atoms with E-state index < -0.39 is 27.6 Å². The number of piperidine rings is 1. The average molecular weight is 459 g/mol. The number of hydrogen-bond acceptors (Lipinski definition) is 5. The van der Waals surface area contributed by atoms with Crippen molar-refractivity contribution >= 4 is 27.6 Å². The highest BCUT2D eigenvalue weighted by Crippen LogP contribution is 2.24. The lowest BCUT2D eigenvalue weighted by atomic mass is 10.1. The Balaban J connectivity index is 1.59. The topological polar surface area (TPSA) is 75.7 Å². The van der Waals surface area contributed by atoms with Crippen molar-refractivity contribution in [1.29, 1.82) is 0 Å². The van der Waals surface area contributed by atoms with E-state index in [-0.39, 0.29) is 21.5 Å². The molecule has 0 bridgehead atoms. The van der Waals surface area contributed by atoms with Gasteiger partial charge < -0.3 is 4.74 Å². The molecule has 0 aliphatic carbocycles. The highest BCUT2D eigenvalue weighted by Gasteiger charge is 2.26. The number of likely N-dealkylation sites (tertiary alicyclic amines) is 1. The Labute approximate surface area is 178 Å². The lowest BCUT2D eigenvalue weighted by Gasteiger charge is -2.32. The van der Waals surface area contributed by atoms with E-state index in [4.69, 9.17) is 11.6 Å². The van der Waals surface area contributed by atoms with E-state index in [2.05, 4.69) is 14.4 Å². The number of hydrogen-bond donors (Lipinski definition) is 1. The van der Waals surface area contributed by atoms with E-state index >= 15 is 0 Å². The van der Waals surface area contributed by atoms with Crippen molar-refractivity contribution in [1.82, 2.24) is 9.62 Å². The summed E-state index contributed by atoms with van der Waals surface area (Å²) in [4.78, 5) is 13.5. The maximum absolute atomic E-state index is 13.4. The van der Waals surface area contributed by atoms with Crippen LogP contribution >= 0.6 is 11.6 Å². The van der Waals surface area contributed by atoms with Crippen LogP contribution in [0.5, 0.6) is 0 Å². The van der Waals surface area contributed by atoms with Gasteiger partial charge in [0, 0.05) is 25.7 Å². The van der Waals surface area contributed by atoms with Crippen LogP contribution in [0.25, 0.3) is 0 Å². The highest BCUT2D eigenvalue weighted by atomic mass is 35.5. The van der Waals surface area contributed by atoms with Crippen molar-refractivity contribution in [3.8, 4) is 0 Å². The number of carbonyl (C=O) groups excluding carboxylic acids is 1. The second-order valence-corrected chi connectivity index (χ2v) is 9.15. The number of nitrogens with one attached hydrogen (secondary N) is 1. The van der Waals surface area contributed by atoms with Crippen LogP contribution in [-0.4, -0.2) is 45.5 Å². The van der Waals surface area contributed by atoms with E-state index in [0.717, 1.165) is 6.07 Å². The van der Waals surface area contributed by atoms with Crippen LogP contribution in [-0.2, 0) is 21.3 Å². The first kappa shape index (κ1) is 22.6. The maximum Gasteiger partial charge on any atom is 0.337 e.